The molecular weight excluding hydrogens is 568 g/mol. The minimum atomic E-state index is -1.96. The first kappa shape index (κ1) is 29.8. The smallest absolute Gasteiger partial charge is 0.239 e. The van der Waals surface area contributed by atoms with E-state index >= 15 is 0 Å². The lowest BCUT2D eigenvalue weighted by Gasteiger charge is -2.41. The van der Waals surface area contributed by atoms with E-state index < -0.39 is 107 Å². The van der Waals surface area contributed by atoms with Crippen LogP contribution in [0.3, 0.4) is 0 Å². The Bertz CT molecular complexity index is 1510. The molecule has 5 rings (SSSR count). The molecule has 10 N–H and O–H groups in total. The van der Waals surface area contributed by atoms with Gasteiger partial charge in [-0.25, -0.2) is 0 Å². The molecule has 3 heterocycles. The van der Waals surface area contributed by atoms with Gasteiger partial charge in [-0.05, 0) is 18.2 Å². The number of hydrogen-bond donors (Lipinski definition) is 10. The van der Waals surface area contributed by atoms with Gasteiger partial charge in [0, 0.05) is 17.7 Å². The molecule has 2 aromatic carbocycles. The Labute approximate surface area is 235 Å². The third kappa shape index (κ3) is 5.42. The molecule has 2 aliphatic heterocycles. The zero-order valence-electron chi connectivity index (χ0n) is 21.4. The third-order valence-electron chi connectivity index (χ3n) is 6.94. The van der Waals surface area contributed by atoms with Crippen LogP contribution in [-0.2, 0) is 14.2 Å². The third-order valence-corrected chi connectivity index (χ3v) is 6.94. The van der Waals surface area contributed by atoms with Crippen molar-refractivity contribution < 1.29 is 74.4 Å². The highest BCUT2D eigenvalue weighted by molar-refractivity contribution is 5.88. The monoisotopic (exact) mass is 596 g/mol. The van der Waals surface area contributed by atoms with Crippen LogP contribution in [0.2, 0.25) is 0 Å². The van der Waals surface area contributed by atoms with Gasteiger partial charge in [-0.15, -0.1) is 0 Å². The number of ether oxygens (including phenoxy) is 4. The molecule has 0 amide bonds. The highest BCUT2D eigenvalue weighted by Crippen LogP contribution is 2.39. The summed E-state index contributed by atoms with van der Waals surface area (Å²) in [5.41, 5.74) is -1.35. The van der Waals surface area contributed by atoms with Crippen molar-refractivity contribution in [1.82, 2.24) is 0 Å². The van der Waals surface area contributed by atoms with E-state index in [1.54, 1.807) is 0 Å². The highest BCUT2D eigenvalue weighted by Gasteiger charge is 2.47. The van der Waals surface area contributed by atoms with E-state index in [9.17, 15) is 55.9 Å². The summed E-state index contributed by atoms with van der Waals surface area (Å²) in [5.74, 6) is -3.33. The van der Waals surface area contributed by atoms with Crippen molar-refractivity contribution in [2.45, 2.75) is 55.3 Å². The van der Waals surface area contributed by atoms with Gasteiger partial charge in [0.2, 0.25) is 17.5 Å². The first-order valence-electron chi connectivity index (χ1n) is 12.6. The summed E-state index contributed by atoms with van der Waals surface area (Å²) < 4.78 is 27.5. The van der Waals surface area contributed by atoms with Crippen molar-refractivity contribution in [3.63, 3.8) is 0 Å². The minimum absolute atomic E-state index is 0.0305. The van der Waals surface area contributed by atoms with Crippen LogP contribution in [-0.4, -0.2) is 120 Å². The molecule has 0 saturated carbocycles. The molecule has 0 aliphatic carbocycles. The molecule has 9 atom stereocenters. The standard InChI is InChI=1S/C26H28O16/c27-9-4-12(30)16-14(5-9)40-23(8-1-2-10(28)11(29)3-8)24(19(16)34)42-26-22(37)20(35)18(33)15(41-26)7-39-25-21(36)17(32)13(31)6-38-25/h1-5,13,15,17-18,20-22,25-33,35-37H,6-7H2/t13-,15+,17+,18+,20-,21+,22-,25+,26-/m0/s1. The van der Waals surface area contributed by atoms with Gasteiger partial charge in [-0.2, -0.15) is 0 Å². The van der Waals surface area contributed by atoms with Crippen LogP contribution < -0.4 is 10.2 Å². The largest absolute Gasteiger partial charge is 0.508 e. The van der Waals surface area contributed by atoms with Gasteiger partial charge >= 0.3 is 0 Å². The molecule has 1 aromatic heterocycles. The first-order valence-corrected chi connectivity index (χ1v) is 12.6. The molecule has 2 aliphatic rings. The maximum Gasteiger partial charge on any atom is 0.239 e. The van der Waals surface area contributed by atoms with Crippen molar-refractivity contribution in [2.24, 2.45) is 0 Å². The number of hydrogen-bond acceptors (Lipinski definition) is 16. The van der Waals surface area contributed by atoms with Gasteiger partial charge in [0.15, 0.2) is 23.5 Å². The molecule has 0 radical (unpaired) electrons. The first-order chi connectivity index (χ1) is 19.9. The van der Waals surface area contributed by atoms with Crippen LogP contribution in [0, 0.1) is 0 Å². The lowest BCUT2D eigenvalue weighted by Crippen LogP contribution is -2.61. The number of aliphatic hydroxyl groups excluding tert-OH is 6. The van der Waals surface area contributed by atoms with E-state index in [2.05, 4.69) is 0 Å². The molecule has 0 spiro atoms. The number of fused-ring (bicyclic) bond motifs is 1. The van der Waals surface area contributed by atoms with Gasteiger partial charge in [0.1, 0.15) is 65.2 Å². The topological polar surface area (TPSA) is 269 Å². The Balaban J connectivity index is 1.48. The number of aromatic hydroxyl groups is 4. The molecule has 0 bridgehead atoms. The summed E-state index contributed by atoms with van der Waals surface area (Å²) >= 11 is 0. The fourth-order valence-corrected chi connectivity index (χ4v) is 4.61. The average molecular weight is 596 g/mol. The molecular formula is C26H28O16. The lowest BCUT2D eigenvalue weighted by molar-refractivity contribution is -0.307. The SMILES string of the molecule is O=c1c(O[C@@H]2O[C@H](CO[C@H]3OC[C@H](O)[C@@H](O)[C@H]3O)[C@@H](O)[C@H](O)[C@@H]2O)c(-c2ccc(O)c(O)c2)oc2cc(O)cc(O)c12. The molecule has 0 unspecified atom stereocenters. The summed E-state index contributed by atoms with van der Waals surface area (Å²) in [4.78, 5) is 13.5. The molecule has 3 aromatic rings. The van der Waals surface area contributed by atoms with E-state index in [-0.39, 0.29) is 17.8 Å². The number of benzene rings is 2. The van der Waals surface area contributed by atoms with Crippen molar-refractivity contribution in [1.29, 1.82) is 0 Å². The van der Waals surface area contributed by atoms with Gasteiger partial charge in [-0.3, -0.25) is 4.79 Å². The van der Waals surface area contributed by atoms with E-state index in [0.717, 1.165) is 24.3 Å². The van der Waals surface area contributed by atoms with Crippen LogP contribution in [0.1, 0.15) is 0 Å². The van der Waals surface area contributed by atoms with Crippen LogP contribution in [0.15, 0.2) is 39.5 Å². The van der Waals surface area contributed by atoms with Crippen molar-refractivity contribution >= 4 is 11.0 Å². The molecule has 16 nitrogen and oxygen atoms in total. The quantitative estimate of drug-likeness (QED) is 0.137. The lowest BCUT2D eigenvalue weighted by atomic mass is 9.99. The number of aliphatic hydroxyl groups is 6. The summed E-state index contributed by atoms with van der Waals surface area (Å²) in [7, 11) is 0. The zero-order chi connectivity index (χ0) is 30.5. The van der Waals surface area contributed by atoms with Gasteiger partial charge in [-0.1, -0.05) is 0 Å². The van der Waals surface area contributed by atoms with Gasteiger partial charge in [0.05, 0.1) is 13.2 Å². The minimum Gasteiger partial charge on any atom is -0.508 e. The van der Waals surface area contributed by atoms with E-state index in [0.29, 0.717) is 0 Å². The Morgan fingerprint density at radius 1 is 0.786 bits per heavy atom. The summed E-state index contributed by atoms with van der Waals surface area (Å²) in [6.07, 6.45) is -15.1. The maximum absolute atomic E-state index is 13.5. The van der Waals surface area contributed by atoms with E-state index in [1.807, 2.05) is 0 Å². The summed E-state index contributed by atoms with van der Waals surface area (Å²) in [6, 6.07) is 5.23. The Kier molecular flexibility index (Phi) is 8.17. The van der Waals surface area contributed by atoms with Crippen molar-refractivity contribution in [3.8, 4) is 40.1 Å². The van der Waals surface area contributed by atoms with Crippen LogP contribution in [0.5, 0.6) is 28.7 Å². The number of phenols is 4. The Morgan fingerprint density at radius 3 is 2.21 bits per heavy atom. The van der Waals surface area contributed by atoms with Crippen LogP contribution >= 0.6 is 0 Å². The second kappa shape index (κ2) is 11.5. The van der Waals surface area contributed by atoms with Crippen molar-refractivity contribution in [2.75, 3.05) is 13.2 Å². The molecule has 2 saturated heterocycles. The molecule has 42 heavy (non-hydrogen) atoms. The maximum atomic E-state index is 13.5. The molecule has 228 valence electrons. The predicted octanol–water partition coefficient (Wildman–Crippen LogP) is -2.08. The molecule has 2 fully saturated rings. The number of phenolic OH excluding ortho intramolecular Hbond substituents is 4. The van der Waals surface area contributed by atoms with E-state index in [4.69, 9.17) is 23.4 Å². The Hall–Kier alpha value is -3.71. The second-order valence-corrected chi connectivity index (χ2v) is 9.85. The number of rotatable bonds is 6. The fourth-order valence-electron chi connectivity index (χ4n) is 4.61. The van der Waals surface area contributed by atoms with Crippen LogP contribution in [0.4, 0.5) is 0 Å². The predicted molar refractivity (Wildman–Crippen MR) is 136 cm³/mol. The summed E-state index contributed by atoms with van der Waals surface area (Å²) in [5, 5.41) is 101. The van der Waals surface area contributed by atoms with Crippen LogP contribution in [0.25, 0.3) is 22.3 Å². The highest BCUT2D eigenvalue weighted by atomic mass is 16.7. The zero-order valence-corrected chi connectivity index (χ0v) is 21.4. The second-order valence-electron chi connectivity index (χ2n) is 9.85. The Morgan fingerprint density at radius 2 is 1.50 bits per heavy atom. The molecule has 16 heteroatoms. The van der Waals surface area contributed by atoms with Gasteiger partial charge < -0.3 is 74.4 Å². The van der Waals surface area contributed by atoms with E-state index in [1.165, 1.54) is 6.07 Å². The van der Waals surface area contributed by atoms with Crippen molar-refractivity contribution in [3.05, 3.63) is 40.6 Å². The fraction of sp³-hybridized carbons (Fsp3) is 0.423. The normalized spacial score (nSPS) is 31.7. The summed E-state index contributed by atoms with van der Waals surface area (Å²) in [6.45, 7) is -0.970. The van der Waals surface area contributed by atoms with Gasteiger partial charge in [0.25, 0.3) is 0 Å². The average Bonchev–Trinajstić information content (AvgIpc) is 2.94.